The van der Waals surface area contributed by atoms with Gasteiger partial charge in [0.2, 0.25) is 5.24 Å². The summed E-state index contributed by atoms with van der Waals surface area (Å²) in [5.74, 6) is 0.938. The van der Waals surface area contributed by atoms with Crippen molar-refractivity contribution in [2.45, 2.75) is 34.1 Å². The average molecular weight is 215 g/mol. The third kappa shape index (κ3) is 8.06. The van der Waals surface area contributed by atoms with E-state index in [0.29, 0.717) is 11.8 Å². The molecule has 0 saturated carbocycles. The van der Waals surface area contributed by atoms with E-state index in [0.717, 1.165) is 6.42 Å². The summed E-state index contributed by atoms with van der Waals surface area (Å²) in [4.78, 5) is 10.5. The molecule has 0 aromatic heterocycles. The molecular formula is C12H19ClO. The van der Waals surface area contributed by atoms with E-state index in [1.807, 2.05) is 6.08 Å². The Labute approximate surface area is 91.8 Å². The molecule has 0 rings (SSSR count). The van der Waals surface area contributed by atoms with Crippen LogP contribution in [-0.2, 0) is 4.79 Å². The Morgan fingerprint density at radius 1 is 1.29 bits per heavy atom. The summed E-state index contributed by atoms with van der Waals surface area (Å²) < 4.78 is 0. The first-order valence-electron chi connectivity index (χ1n) is 4.94. The molecule has 0 fully saturated rings. The highest BCUT2D eigenvalue weighted by Gasteiger charge is 2.03. The van der Waals surface area contributed by atoms with E-state index in [9.17, 15) is 4.79 Å². The van der Waals surface area contributed by atoms with Crippen LogP contribution in [0.15, 0.2) is 23.8 Å². The topological polar surface area (TPSA) is 17.1 Å². The number of carbonyl (C=O) groups excluding carboxylic acids is 1. The van der Waals surface area contributed by atoms with Crippen molar-refractivity contribution < 1.29 is 4.79 Å². The predicted octanol–water partition coefficient (Wildman–Crippen LogP) is 3.94. The summed E-state index contributed by atoms with van der Waals surface area (Å²) in [6.45, 7) is 8.46. The van der Waals surface area contributed by atoms with Crippen molar-refractivity contribution in [3.63, 3.8) is 0 Å². The van der Waals surface area contributed by atoms with Gasteiger partial charge in [0, 0.05) is 0 Å². The second-order valence-electron chi connectivity index (χ2n) is 4.10. The highest BCUT2D eigenvalue weighted by Crippen LogP contribution is 2.15. The van der Waals surface area contributed by atoms with Crippen molar-refractivity contribution in [1.82, 2.24) is 0 Å². The largest absolute Gasteiger partial charge is 0.276 e. The van der Waals surface area contributed by atoms with Gasteiger partial charge in [-0.1, -0.05) is 31.6 Å². The fraction of sp³-hybridized carbons (Fsp3) is 0.583. The fourth-order valence-electron chi connectivity index (χ4n) is 1.54. The maximum Gasteiger partial charge on any atom is 0.244 e. The van der Waals surface area contributed by atoms with Gasteiger partial charge >= 0.3 is 0 Å². The lowest BCUT2D eigenvalue weighted by atomic mass is 9.95. The first-order valence-corrected chi connectivity index (χ1v) is 5.32. The van der Waals surface area contributed by atoms with Crippen LogP contribution in [0.4, 0.5) is 0 Å². The van der Waals surface area contributed by atoms with Crippen LogP contribution in [0.5, 0.6) is 0 Å². The van der Waals surface area contributed by atoms with Crippen molar-refractivity contribution in [3.8, 4) is 0 Å². The van der Waals surface area contributed by atoms with E-state index in [4.69, 9.17) is 11.6 Å². The Hall–Kier alpha value is -0.560. The van der Waals surface area contributed by atoms with Crippen LogP contribution in [-0.4, -0.2) is 5.24 Å². The zero-order valence-electron chi connectivity index (χ0n) is 9.38. The van der Waals surface area contributed by atoms with E-state index in [-0.39, 0.29) is 0 Å². The van der Waals surface area contributed by atoms with Gasteiger partial charge in [-0.3, -0.25) is 4.79 Å². The number of hydrogen-bond donors (Lipinski definition) is 0. The second kappa shape index (κ2) is 6.83. The molecule has 2 heteroatoms. The summed E-state index contributed by atoms with van der Waals surface area (Å²) in [5.41, 5.74) is 1.34. The number of carbonyl (C=O) groups is 1. The average Bonchev–Trinajstić information content (AvgIpc) is 1.98. The molecule has 80 valence electrons. The Morgan fingerprint density at radius 3 is 2.29 bits per heavy atom. The normalized spacial score (nSPS) is 15.2. The number of hydrogen-bond acceptors (Lipinski definition) is 1. The lowest BCUT2D eigenvalue weighted by molar-refractivity contribution is -0.107. The molecule has 0 aliphatic rings. The van der Waals surface area contributed by atoms with Crippen molar-refractivity contribution in [1.29, 1.82) is 0 Å². The highest BCUT2D eigenvalue weighted by molar-refractivity contribution is 6.66. The molecular weight excluding hydrogens is 196 g/mol. The van der Waals surface area contributed by atoms with Gasteiger partial charge in [-0.25, -0.2) is 0 Å². The Bertz CT molecular complexity index is 237. The molecule has 0 aromatic rings. The zero-order valence-corrected chi connectivity index (χ0v) is 10.1. The van der Waals surface area contributed by atoms with E-state index in [1.165, 1.54) is 11.6 Å². The van der Waals surface area contributed by atoms with Gasteiger partial charge in [0.25, 0.3) is 0 Å². The summed E-state index contributed by atoms with van der Waals surface area (Å²) >= 11 is 5.21. The molecule has 0 aliphatic heterocycles. The van der Waals surface area contributed by atoms with Crippen LogP contribution in [0.1, 0.15) is 34.1 Å². The molecule has 0 aliphatic carbocycles. The summed E-state index contributed by atoms with van der Waals surface area (Å²) in [5, 5.41) is -0.397. The molecule has 0 amide bonds. The molecule has 2 atom stereocenters. The summed E-state index contributed by atoms with van der Waals surface area (Å²) in [6.07, 6.45) is 6.59. The minimum Gasteiger partial charge on any atom is -0.276 e. The quantitative estimate of drug-likeness (QED) is 0.385. The van der Waals surface area contributed by atoms with Crippen LogP contribution < -0.4 is 0 Å². The first kappa shape index (κ1) is 13.4. The standard InChI is InChI=1S/C12H19ClO/c1-9(2)7-11(4)8-10(3)5-6-12(13)14/h5-7,10-11H,8H2,1-4H3/b6-5+/t10-,11+/m0/s1. The molecule has 0 bridgehead atoms. The monoisotopic (exact) mass is 214 g/mol. The number of rotatable bonds is 5. The zero-order chi connectivity index (χ0) is 11.1. The van der Waals surface area contributed by atoms with Crippen molar-refractivity contribution >= 4 is 16.8 Å². The van der Waals surface area contributed by atoms with Gasteiger partial charge in [0.1, 0.15) is 0 Å². The summed E-state index contributed by atoms with van der Waals surface area (Å²) in [6, 6.07) is 0. The minimum absolute atomic E-state index is 0.392. The predicted molar refractivity (Wildman–Crippen MR) is 62.4 cm³/mol. The van der Waals surface area contributed by atoms with Gasteiger partial charge in [0.15, 0.2) is 0 Å². The van der Waals surface area contributed by atoms with E-state index in [1.54, 1.807) is 0 Å². The van der Waals surface area contributed by atoms with Crippen LogP contribution >= 0.6 is 11.6 Å². The van der Waals surface area contributed by atoms with Crippen LogP contribution in [0, 0.1) is 11.8 Å². The third-order valence-electron chi connectivity index (χ3n) is 1.92. The van der Waals surface area contributed by atoms with Crippen LogP contribution in [0.2, 0.25) is 0 Å². The fourth-order valence-corrected chi connectivity index (χ4v) is 1.61. The maximum atomic E-state index is 10.5. The Kier molecular flexibility index (Phi) is 6.56. The highest BCUT2D eigenvalue weighted by atomic mass is 35.5. The lowest BCUT2D eigenvalue weighted by Crippen LogP contribution is -1.99. The number of allylic oxidation sites excluding steroid dienone is 4. The SMILES string of the molecule is CC(C)=C[C@@H](C)C[C@@H](C)/C=C/C(=O)Cl. The Balaban J connectivity index is 4.00. The van der Waals surface area contributed by atoms with Gasteiger partial charge in [0.05, 0.1) is 0 Å². The van der Waals surface area contributed by atoms with Gasteiger partial charge < -0.3 is 0 Å². The molecule has 1 nitrogen and oxygen atoms in total. The van der Waals surface area contributed by atoms with Crippen molar-refractivity contribution in [2.75, 3.05) is 0 Å². The summed E-state index contributed by atoms with van der Waals surface area (Å²) in [7, 11) is 0. The molecule has 0 unspecified atom stereocenters. The van der Waals surface area contributed by atoms with Gasteiger partial charge in [-0.2, -0.15) is 0 Å². The minimum atomic E-state index is -0.397. The molecule has 0 spiro atoms. The van der Waals surface area contributed by atoms with E-state index in [2.05, 4.69) is 33.8 Å². The van der Waals surface area contributed by atoms with E-state index >= 15 is 0 Å². The van der Waals surface area contributed by atoms with Gasteiger partial charge in [-0.15, -0.1) is 0 Å². The third-order valence-corrected chi connectivity index (χ3v) is 2.04. The molecule has 0 saturated heterocycles. The van der Waals surface area contributed by atoms with E-state index < -0.39 is 5.24 Å². The van der Waals surface area contributed by atoms with Gasteiger partial charge in [-0.05, 0) is 49.8 Å². The second-order valence-corrected chi connectivity index (χ2v) is 4.47. The van der Waals surface area contributed by atoms with Crippen molar-refractivity contribution in [2.24, 2.45) is 11.8 Å². The molecule has 0 N–H and O–H groups in total. The van der Waals surface area contributed by atoms with Crippen molar-refractivity contribution in [3.05, 3.63) is 23.8 Å². The maximum absolute atomic E-state index is 10.5. The van der Waals surface area contributed by atoms with Crippen LogP contribution in [0.3, 0.4) is 0 Å². The molecule has 0 aromatic carbocycles. The molecule has 14 heavy (non-hydrogen) atoms. The smallest absolute Gasteiger partial charge is 0.244 e. The Morgan fingerprint density at radius 2 is 1.86 bits per heavy atom. The first-order chi connectivity index (χ1) is 6.41. The molecule has 0 heterocycles. The van der Waals surface area contributed by atoms with Crippen LogP contribution in [0.25, 0.3) is 0 Å². The number of halogens is 1. The molecule has 0 radical (unpaired) electrons. The lowest BCUT2D eigenvalue weighted by Gasteiger charge is -2.10.